The van der Waals surface area contributed by atoms with Crippen LogP contribution in [-0.2, 0) is 4.79 Å². The molecule has 0 bridgehead atoms. The largest absolute Gasteiger partial charge is 0.303 e. The molecule has 75 valence electrons. The van der Waals surface area contributed by atoms with E-state index in [0.717, 1.165) is 4.90 Å². The van der Waals surface area contributed by atoms with Crippen LogP contribution < -0.4 is 0 Å². The zero-order valence-corrected chi connectivity index (χ0v) is 7.84. The lowest BCUT2D eigenvalue weighted by atomic mass is 10.1. The van der Waals surface area contributed by atoms with Crippen LogP contribution in [0.25, 0.3) is 0 Å². The smallest absolute Gasteiger partial charge is 0.261 e. The topological polar surface area (TPSA) is 54.5 Å². The molecular formula is C11H8NO3. The molecule has 0 aromatic heterocycles. The van der Waals surface area contributed by atoms with Crippen molar-refractivity contribution >= 4 is 18.1 Å². The summed E-state index contributed by atoms with van der Waals surface area (Å²) < 4.78 is 0. The van der Waals surface area contributed by atoms with Gasteiger partial charge in [0.05, 0.1) is 11.1 Å². The molecule has 1 aliphatic rings. The Morgan fingerprint density at radius 2 is 1.60 bits per heavy atom. The predicted octanol–water partition coefficient (Wildman–Crippen LogP) is 0.686. The molecule has 0 saturated heterocycles. The van der Waals surface area contributed by atoms with E-state index >= 15 is 0 Å². The van der Waals surface area contributed by atoms with Crippen molar-refractivity contribution in [3.8, 4) is 0 Å². The van der Waals surface area contributed by atoms with Gasteiger partial charge in [-0.05, 0) is 12.1 Å². The number of carbonyl (C=O) groups excluding carboxylic acids is 3. The van der Waals surface area contributed by atoms with E-state index in [2.05, 4.69) is 0 Å². The van der Waals surface area contributed by atoms with Crippen molar-refractivity contribution < 1.29 is 14.4 Å². The summed E-state index contributed by atoms with van der Waals surface area (Å²) in [4.78, 5) is 34.6. The molecule has 0 saturated carbocycles. The number of imide groups is 1. The molecule has 0 unspecified atom stereocenters. The minimum absolute atomic E-state index is 0.0375. The van der Waals surface area contributed by atoms with E-state index in [1.54, 1.807) is 24.3 Å². The SMILES string of the molecule is O=C[CH]CN1C(=O)c2ccccc2C1=O. The van der Waals surface area contributed by atoms with Gasteiger partial charge in [-0.1, -0.05) is 12.1 Å². The maximum absolute atomic E-state index is 11.7. The number of fused-ring (bicyclic) bond motifs is 1. The third-order valence-corrected chi connectivity index (χ3v) is 2.26. The second-order valence-electron chi connectivity index (χ2n) is 3.14. The standard InChI is InChI=1S/C11H8NO3/c13-7-3-6-12-10(14)8-4-1-2-5-9(8)11(12)15/h1-5,7H,6H2. The van der Waals surface area contributed by atoms with E-state index in [1.165, 1.54) is 6.42 Å². The van der Waals surface area contributed by atoms with Crippen LogP contribution in [0.3, 0.4) is 0 Å². The van der Waals surface area contributed by atoms with E-state index in [9.17, 15) is 14.4 Å². The van der Waals surface area contributed by atoms with E-state index < -0.39 is 0 Å². The van der Waals surface area contributed by atoms with Gasteiger partial charge in [-0.2, -0.15) is 0 Å². The van der Waals surface area contributed by atoms with Gasteiger partial charge in [0.25, 0.3) is 11.8 Å². The highest BCUT2D eigenvalue weighted by atomic mass is 16.2. The van der Waals surface area contributed by atoms with Gasteiger partial charge in [-0.15, -0.1) is 0 Å². The third-order valence-electron chi connectivity index (χ3n) is 2.26. The first-order valence-corrected chi connectivity index (χ1v) is 4.48. The Kier molecular flexibility index (Phi) is 2.33. The molecule has 0 spiro atoms. The molecule has 2 amide bonds. The van der Waals surface area contributed by atoms with Crippen LogP contribution in [-0.4, -0.2) is 29.5 Å². The Labute approximate surface area is 86.5 Å². The summed E-state index contributed by atoms with van der Waals surface area (Å²) in [7, 11) is 0. The highest BCUT2D eigenvalue weighted by molar-refractivity contribution is 6.21. The lowest BCUT2D eigenvalue weighted by Gasteiger charge is -2.10. The Morgan fingerprint density at radius 3 is 2.07 bits per heavy atom. The average molecular weight is 202 g/mol. The van der Waals surface area contributed by atoms with Gasteiger partial charge in [-0.25, -0.2) is 0 Å². The molecule has 1 aromatic carbocycles. The van der Waals surface area contributed by atoms with Crippen molar-refractivity contribution in [1.82, 2.24) is 4.90 Å². The van der Waals surface area contributed by atoms with Crippen molar-refractivity contribution in [2.45, 2.75) is 0 Å². The van der Waals surface area contributed by atoms with Crippen molar-refractivity contribution in [3.05, 3.63) is 41.8 Å². The van der Waals surface area contributed by atoms with Crippen LogP contribution in [0.5, 0.6) is 0 Å². The molecule has 4 nitrogen and oxygen atoms in total. The fraction of sp³-hybridized carbons (Fsp3) is 0.0909. The summed E-state index contributed by atoms with van der Waals surface area (Å²) in [5, 5.41) is 0. The second-order valence-corrected chi connectivity index (χ2v) is 3.14. The molecule has 1 aliphatic heterocycles. The van der Waals surface area contributed by atoms with Crippen molar-refractivity contribution in [2.24, 2.45) is 0 Å². The number of hydrogen-bond donors (Lipinski definition) is 0. The molecule has 0 fully saturated rings. The Bertz CT molecular complexity index is 404. The fourth-order valence-corrected chi connectivity index (χ4v) is 1.55. The number of amides is 2. The first-order chi connectivity index (χ1) is 7.25. The van der Waals surface area contributed by atoms with E-state index in [1.807, 2.05) is 0 Å². The lowest BCUT2D eigenvalue weighted by Crippen LogP contribution is -2.31. The summed E-state index contributed by atoms with van der Waals surface area (Å²) in [6, 6.07) is 6.63. The maximum Gasteiger partial charge on any atom is 0.261 e. The number of hydrogen-bond acceptors (Lipinski definition) is 3. The van der Waals surface area contributed by atoms with Gasteiger partial charge in [0.15, 0.2) is 0 Å². The van der Waals surface area contributed by atoms with Crippen molar-refractivity contribution in [1.29, 1.82) is 0 Å². The maximum atomic E-state index is 11.7. The van der Waals surface area contributed by atoms with Crippen LogP contribution in [0.2, 0.25) is 0 Å². The van der Waals surface area contributed by atoms with Gasteiger partial charge >= 0.3 is 0 Å². The minimum Gasteiger partial charge on any atom is -0.303 e. The summed E-state index contributed by atoms with van der Waals surface area (Å²) in [6.45, 7) is 0.0375. The van der Waals surface area contributed by atoms with Gasteiger partial charge < -0.3 is 4.79 Å². The van der Waals surface area contributed by atoms with Crippen LogP contribution in [0, 0.1) is 6.42 Å². The summed E-state index contributed by atoms with van der Waals surface area (Å²) in [5.74, 6) is -0.678. The first kappa shape index (κ1) is 9.58. The van der Waals surface area contributed by atoms with E-state index in [0.29, 0.717) is 17.4 Å². The monoisotopic (exact) mass is 202 g/mol. The normalized spacial score (nSPS) is 14.3. The zero-order chi connectivity index (χ0) is 10.8. The summed E-state index contributed by atoms with van der Waals surface area (Å²) in [6.07, 6.45) is 1.81. The van der Waals surface area contributed by atoms with Crippen molar-refractivity contribution in [2.75, 3.05) is 6.54 Å². The Hall–Kier alpha value is -1.97. The molecule has 0 N–H and O–H groups in total. The Morgan fingerprint density at radius 1 is 1.07 bits per heavy atom. The summed E-state index contributed by atoms with van der Waals surface area (Å²) >= 11 is 0. The number of rotatable bonds is 3. The highest BCUT2D eigenvalue weighted by Crippen LogP contribution is 2.21. The lowest BCUT2D eigenvalue weighted by molar-refractivity contribution is -0.105. The van der Waals surface area contributed by atoms with E-state index in [4.69, 9.17) is 0 Å². The summed E-state index contributed by atoms with van der Waals surface area (Å²) in [5.41, 5.74) is 0.809. The highest BCUT2D eigenvalue weighted by Gasteiger charge is 2.34. The van der Waals surface area contributed by atoms with Crippen LogP contribution >= 0.6 is 0 Å². The van der Waals surface area contributed by atoms with Gasteiger partial charge in [0.1, 0.15) is 6.29 Å². The molecule has 0 aliphatic carbocycles. The number of aldehydes is 1. The third kappa shape index (κ3) is 1.44. The van der Waals surface area contributed by atoms with Crippen LogP contribution in [0.1, 0.15) is 20.7 Å². The second kappa shape index (κ2) is 3.65. The van der Waals surface area contributed by atoms with Crippen LogP contribution in [0.4, 0.5) is 0 Å². The van der Waals surface area contributed by atoms with Gasteiger partial charge in [0, 0.05) is 13.0 Å². The number of carbonyl (C=O) groups is 3. The fourth-order valence-electron chi connectivity index (χ4n) is 1.55. The van der Waals surface area contributed by atoms with Crippen LogP contribution in [0.15, 0.2) is 24.3 Å². The molecule has 0 atom stereocenters. The predicted molar refractivity (Wildman–Crippen MR) is 52.2 cm³/mol. The minimum atomic E-state index is -0.339. The molecule has 1 radical (unpaired) electrons. The molecule has 1 aromatic rings. The Balaban J connectivity index is 2.32. The average Bonchev–Trinajstić information content (AvgIpc) is 2.51. The molecular weight excluding hydrogens is 194 g/mol. The first-order valence-electron chi connectivity index (χ1n) is 4.48. The van der Waals surface area contributed by atoms with Gasteiger partial charge in [0.2, 0.25) is 0 Å². The molecule has 1 heterocycles. The quantitative estimate of drug-likeness (QED) is 0.535. The molecule has 4 heteroatoms. The van der Waals surface area contributed by atoms with Crippen molar-refractivity contribution in [3.63, 3.8) is 0 Å². The molecule has 15 heavy (non-hydrogen) atoms. The zero-order valence-electron chi connectivity index (χ0n) is 7.84. The van der Waals surface area contributed by atoms with Gasteiger partial charge in [-0.3, -0.25) is 14.5 Å². The number of nitrogens with zero attached hydrogens (tertiary/aromatic N) is 1. The molecule has 2 rings (SSSR count). The number of benzene rings is 1. The van der Waals surface area contributed by atoms with E-state index in [-0.39, 0.29) is 18.4 Å².